The molecule has 1 amide bonds. The molecule has 2 aromatic heterocycles. The van der Waals surface area contributed by atoms with Gasteiger partial charge in [0.1, 0.15) is 12.1 Å². The molecule has 0 bridgehead atoms. The van der Waals surface area contributed by atoms with E-state index < -0.39 is 0 Å². The Morgan fingerprint density at radius 3 is 2.78 bits per heavy atom. The number of carbonyl (C=O) groups is 1. The van der Waals surface area contributed by atoms with Crippen LogP contribution in [0.15, 0.2) is 6.33 Å². The average molecular weight is 286 g/mol. The number of fused-ring (bicyclic) bond motifs is 1. The zero-order valence-corrected chi connectivity index (χ0v) is 10.8. The van der Waals surface area contributed by atoms with Crippen molar-refractivity contribution in [2.75, 3.05) is 13.1 Å². The number of aromatic nitrogens is 4. The van der Waals surface area contributed by atoms with E-state index in [9.17, 15) is 4.79 Å². The maximum absolute atomic E-state index is 11.9. The van der Waals surface area contributed by atoms with Gasteiger partial charge in [0.05, 0.1) is 6.33 Å². The Labute approximate surface area is 113 Å². The van der Waals surface area contributed by atoms with Gasteiger partial charge in [-0.3, -0.25) is 4.79 Å². The normalized spacial score (nSPS) is 14.9. The van der Waals surface area contributed by atoms with Gasteiger partial charge in [-0.2, -0.15) is 4.98 Å². The number of hydrogen-bond donors (Lipinski definition) is 0. The third-order valence-corrected chi connectivity index (χ3v) is 3.34. The van der Waals surface area contributed by atoms with Crippen molar-refractivity contribution in [1.29, 1.82) is 0 Å². The van der Waals surface area contributed by atoms with E-state index in [0.29, 0.717) is 11.2 Å². The first-order valence-corrected chi connectivity index (χ1v) is 6.22. The number of nitrogens with zero attached hydrogens (tertiary/aromatic N) is 5. The first-order chi connectivity index (χ1) is 8.65. The van der Waals surface area contributed by atoms with Crippen LogP contribution in [0.1, 0.15) is 6.42 Å². The van der Waals surface area contributed by atoms with Crippen molar-refractivity contribution in [2.24, 2.45) is 0 Å². The molecular formula is C10H9Cl2N5O. The van der Waals surface area contributed by atoms with Gasteiger partial charge in [0.15, 0.2) is 10.8 Å². The van der Waals surface area contributed by atoms with Crippen LogP contribution in [0.3, 0.4) is 0 Å². The lowest BCUT2D eigenvalue weighted by atomic mass is 10.2. The highest BCUT2D eigenvalue weighted by Gasteiger charge is 2.21. The third kappa shape index (κ3) is 1.91. The lowest BCUT2D eigenvalue weighted by Crippen LogP contribution is -2.43. The second-order valence-corrected chi connectivity index (χ2v) is 4.76. The van der Waals surface area contributed by atoms with Gasteiger partial charge in [-0.25, -0.2) is 9.97 Å². The van der Waals surface area contributed by atoms with E-state index in [0.717, 1.165) is 19.5 Å². The minimum absolute atomic E-state index is 0.0469. The SMILES string of the molecule is O=C(Cn1cnc2c(Cl)nc(Cl)nc21)N1CCC1. The Morgan fingerprint density at radius 2 is 2.11 bits per heavy atom. The highest BCUT2D eigenvalue weighted by Crippen LogP contribution is 2.20. The Morgan fingerprint density at radius 1 is 1.33 bits per heavy atom. The summed E-state index contributed by atoms with van der Waals surface area (Å²) in [5.74, 6) is 0.0476. The minimum atomic E-state index is 0.0469. The highest BCUT2D eigenvalue weighted by atomic mass is 35.5. The zero-order valence-electron chi connectivity index (χ0n) is 9.31. The summed E-state index contributed by atoms with van der Waals surface area (Å²) in [5.41, 5.74) is 0.936. The maximum atomic E-state index is 11.9. The Bertz CT molecular complexity index is 622. The topological polar surface area (TPSA) is 63.9 Å². The van der Waals surface area contributed by atoms with Crippen molar-refractivity contribution < 1.29 is 4.79 Å². The summed E-state index contributed by atoms with van der Waals surface area (Å²) in [5, 5.41) is 0.241. The molecular weight excluding hydrogens is 277 g/mol. The monoisotopic (exact) mass is 285 g/mol. The molecule has 1 saturated heterocycles. The summed E-state index contributed by atoms with van der Waals surface area (Å²) in [4.78, 5) is 25.6. The fraction of sp³-hybridized carbons (Fsp3) is 0.400. The van der Waals surface area contributed by atoms with Crippen molar-refractivity contribution in [1.82, 2.24) is 24.4 Å². The summed E-state index contributed by atoms with van der Waals surface area (Å²) >= 11 is 11.7. The molecule has 18 heavy (non-hydrogen) atoms. The zero-order chi connectivity index (χ0) is 12.7. The van der Waals surface area contributed by atoms with Crippen molar-refractivity contribution in [3.63, 3.8) is 0 Å². The van der Waals surface area contributed by atoms with Crippen LogP contribution >= 0.6 is 23.2 Å². The van der Waals surface area contributed by atoms with E-state index in [2.05, 4.69) is 15.0 Å². The molecule has 2 aromatic rings. The standard InChI is InChI=1S/C10H9Cl2N5O/c11-8-7-9(15-10(12)14-8)17(5-13-7)4-6(18)16-2-1-3-16/h5H,1-4H2. The molecule has 8 heteroatoms. The lowest BCUT2D eigenvalue weighted by Gasteiger charge is -2.30. The smallest absolute Gasteiger partial charge is 0.242 e. The number of carbonyl (C=O) groups excluding carboxylic acids is 1. The van der Waals surface area contributed by atoms with Crippen LogP contribution in [-0.2, 0) is 11.3 Å². The minimum Gasteiger partial charge on any atom is -0.341 e. The molecule has 1 aliphatic rings. The second kappa shape index (κ2) is 4.37. The fourth-order valence-corrected chi connectivity index (χ4v) is 2.23. The van der Waals surface area contributed by atoms with Crippen LogP contribution in [0.4, 0.5) is 0 Å². The van der Waals surface area contributed by atoms with Crippen LogP contribution in [0.5, 0.6) is 0 Å². The predicted octanol–water partition coefficient (Wildman–Crippen LogP) is 1.37. The lowest BCUT2D eigenvalue weighted by molar-refractivity contribution is -0.135. The van der Waals surface area contributed by atoms with Crippen molar-refractivity contribution in [2.45, 2.75) is 13.0 Å². The molecule has 94 valence electrons. The number of likely N-dealkylation sites (tertiary alicyclic amines) is 1. The van der Waals surface area contributed by atoms with Gasteiger partial charge < -0.3 is 9.47 Å². The first-order valence-electron chi connectivity index (χ1n) is 5.47. The van der Waals surface area contributed by atoms with E-state index in [1.807, 2.05) is 0 Å². The van der Waals surface area contributed by atoms with Crippen LogP contribution in [0.25, 0.3) is 11.2 Å². The van der Waals surface area contributed by atoms with E-state index in [-0.39, 0.29) is 22.9 Å². The summed E-state index contributed by atoms with van der Waals surface area (Å²) in [6, 6.07) is 0. The molecule has 3 heterocycles. The van der Waals surface area contributed by atoms with Gasteiger partial charge in [-0.1, -0.05) is 11.6 Å². The summed E-state index contributed by atoms with van der Waals surface area (Å²) in [7, 11) is 0. The van der Waals surface area contributed by atoms with Gasteiger partial charge in [0.25, 0.3) is 0 Å². The van der Waals surface area contributed by atoms with E-state index in [4.69, 9.17) is 23.2 Å². The molecule has 1 aliphatic heterocycles. The van der Waals surface area contributed by atoms with E-state index >= 15 is 0 Å². The van der Waals surface area contributed by atoms with Crippen LogP contribution in [0.2, 0.25) is 10.4 Å². The molecule has 0 radical (unpaired) electrons. The van der Waals surface area contributed by atoms with E-state index in [1.165, 1.54) is 6.33 Å². The van der Waals surface area contributed by atoms with Crippen LogP contribution in [-0.4, -0.2) is 43.4 Å². The van der Waals surface area contributed by atoms with Gasteiger partial charge in [-0.05, 0) is 18.0 Å². The molecule has 0 N–H and O–H groups in total. The summed E-state index contributed by atoms with van der Waals surface area (Å²) < 4.78 is 1.63. The van der Waals surface area contributed by atoms with Gasteiger partial charge >= 0.3 is 0 Å². The number of hydrogen-bond acceptors (Lipinski definition) is 4. The predicted molar refractivity (Wildman–Crippen MR) is 66.5 cm³/mol. The first kappa shape index (κ1) is 11.7. The Balaban J connectivity index is 1.94. The highest BCUT2D eigenvalue weighted by molar-refractivity contribution is 6.35. The molecule has 1 fully saturated rings. The quantitative estimate of drug-likeness (QED) is 0.617. The fourth-order valence-electron chi connectivity index (χ4n) is 1.81. The molecule has 6 nitrogen and oxygen atoms in total. The van der Waals surface area contributed by atoms with Crippen molar-refractivity contribution >= 4 is 40.3 Å². The molecule has 0 spiro atoms. The molecule has 0 saturated carbocycles. The molecule has 0 unspecified atom stereocenters. The summed E-state index contributed by atoms with van der Waals surface area (Å²) in [6.07, 6.45) is 2.59. The molecule has 0 atom stereocenters. The van der Waals surface area contributed by atoms with Gasteiger partial charge in [0.2, 0.25) is 11.2 Å². The Hall–Kier alpha value is -1.40. The van der Waals surface area contributed by atoms with Gasteiger partial charge in [-0.15, -0.1) is 0 Å². The molecule has 0 aromatic carbocycles. The third-order valence-electron chi connectivity index (χ3n) is 2.91. The molecule has 0 aliphatic carbocycles. The van der Waals surface area contributed by atoms with Crippen LogP contribution in [0, 0.1) is 0 Å². The average Bonchev–Trinajstić information content (AvgIpc) is 2.59. The number of amides is 1. The number of rotatable bonds is 2. The van der Waals surface area contributed by atoms with Gasteiger partial charge in [0, 0.05) is 13.1 Å². The van der Waals surface area contributed by atoms with E-state index in [1.54, 1.807) is 9.47 Å². The Kier molecular flexibility index (Phi) is 2.83. The van der Waals surface area contributed by atoms with Crippen molar-refractivity contribution in [3.8, 4) is 0 Å². The maximum Gasteiger partial charge on any atom is 0.242 e. The number of halogens is 2. The largest absolute Gasteiger partial charge is 0.341 e. The summed E-state index contributed by atoms with van der Waals surface area (Å²) in [6.45, 7) is 1.84. The second-order valence-electron chi connectivity index (χ2n) is 4.06. The van der Waals surface area contributed by atoms with Crippen molar-refractivity contribution in [3.05, 3.63) is 16.8 Å². The molecule has 3 rings (SSSR count). The number of imidazole rings is 1. The van der Waals surface area contributed by atoms with Crippen LogP contribution < -0.4 is 0 Å².